The van der Waals surface area contributed by atoms with Crippen molar-refractivity contribution >= 4 is 33.4 Å². The molecule has 0 saturated carbocycles. The first-order valence-electron chi connectivity index (χ1n) is 6.94. The Hall–Kier alpha value is -1.72. The van der Waals surface area contributed by atoms with Gasteiger partial charge in [-0.25, -0.2) is 0 Å². The Morgan fingerprint density at radius 2 is 1.83 bits per heavy atom. The molecule has 6 heteroatoms. The topological polar surface area (TPSA) is 47.6 Å². The second-order valence-electron chi connectivity index (χ2n) is 4.94. The molecule has 0 spiro atoms. The molecule has 4 nitrogen and oxygen atoms in total. The van der Waals surface area contributed by atoms with Crippen LogP contribution in [0.1, 0.15) is 28.9 Å². The van der Waals surface area contributed by atoms with Crippen LogP contribution in [0.5, 0.6) is 11.5 Å². The second kappa shape index (κ2) is 7.70. The van der Waals surface area contributed by atoms with Crippen LogP contribution in [0.4, 0.5) is 0 Å². The van der Waals surface area contributed by atoms with E-state index in [2.05, 4.69) is 21.2 Å². The molecule has 1 atom stereocenters. The van der Waals surface area contributed by atoms with Crippen molar-refractivity contribution in [1.29, 1.82) is 0 Å². The molecule has 0 fully saturated rings. The summed E-state index contributed by atoms with van der Waals surface area (Å²) in [4.78, 5) is 12.6. The van der Waals surface area contributed by atoms with E-state index in [1.54, 1.807) is 31.4 Å². The van der Waals surface area contributed by atoms with Gasteiger partial charge in [-0.05, 0) is 52.7 Å². The van der Waals surface area contributed by atoms with Gasteiger partial charge >= 0.3 is 0 Å². The number of hydrogen-bond acceptors (Lipinski definition) is 3. The van der Waals surface area contributed by atoms with Gasteiger partial charge in [0.15, 0.2) is 0 Å². The summed E-state index contributed by atoms with van der Waals surface area (Å²) in [5.41, 5.74) is 1.36. The minimum atomic E-state index is -0.246. The molecule has 23 heavy (non-hydrogen) atoms. The van der Waals surface area contributed by atoms with E-state index < -0.39 is 0 Å². The molecule has 0 bridgehead atoms. The van der Waals surface area contributed by atoms with Gasteiger partial charge in [-0.15, -0.1) is 0 Å². The SMILES string of the molecule is COc1cc(Br)c(OC)c(C(=O)NC(C)c2ccc(Cl)cc2)c1. The Bertz CT molecular complexity index is 704. The fourth-order valence-electron chi connectivity index (χ4n) is 2.17. The number of ether oxygens (including phenoxy) is 2. The van der Waals surface area contributed by atoms with E-state index in [1.807, 2.05) is 19.1 Å². The largest absolute Gasteiger partial charge is 0.497 e. The zero-order valence-electron chi connectivity index (χ0n) is 13.0. The van der Waals surface area contributed by atoms with E-state index in [1.165, 1.54) is 7.11 Å². The Morgan fingerprint density at radius 1 is 1.17 bits per heavy atom. The van der Waals surface area contributed by atoms with Crippen molar-refractivity contribution in [2.45, 2.75) is 13.0 Å². The number of carbonyl (C=O) groups is 1. The lowest BCUT2D eigenvalue weighted by Crippen LogP contribution is -2.27. The van der Waals surface area contributed by atoms with Gasteiger partial charge in [0.1, 0.15) is 11.5 Å². The molecule has 1 N–H and O–H groups in total. The normalized spacial score (nSPS) is 11.7. The first-order chi connectivity index (χ1) is 11.0. The highest BCUT2D eigenvalue weighted by atomic mass is 79.9. The number of hydrogen-bond donors (Lipinski definition) is 1. The second-order valence-corrected chi connectivity index (χ2v) is 6.23. The lowest BCUT2D eigenvalue weighted by atomic mass is 10.1. The van der Waals surface area contributed by atoms with Crippen LogP contribution in [0.25, 0.3) is 0 Å². The minimum Gasteiger partial charge on any atom is -0.497 e. The standard InChI is InChI=1S/C17H17BrClNO3/c1-10(11-4-6-12(19)7-5-11)20-17(21)14-8-13(22-2)9-15(18)16(14)23-3/h4-10H,1-3H3,(H,20,21). The molecule has 0 aliphatic carbocycles. The molecule has 0 aliphatic heterocycles. The van der Waals surface area contributed by atoms with Gasteiger partial charge in [0, 0.05) is 5.02 Å². The van der Waals surface area contributed by atoms with E-state index in [0.29, 0.717) is 26.6 Å². The van der Waals surface area contributed by atoms with Crippen LogP contribution in [0, 0.1) is 0 Å². The lowest BCUT2D eigenvalue weighted by Gasteiger charge is -2.17. The maximum atomic E-state index is 12.6. The van der Waals surface area contributed by atoms with Crippen molar-refractivity contribution in [3.8, 4) is 11.5 Å². The Kier molecular flexibility index (Phi) is 5.91. The van der Waals surface area contributed by atoms with Crippen molar-refractivity contribution in [1.82, 2.24) is 5.32 Å². The van der Waals surface area contributed by atoms with E-state index in [0.717, 1.165) is 5.56 Å². The van der Waals surface area contributed by atoms with Crippen LogP contribution >= 0.6 is 27.5 Å². The van der Waals surface area contributed by atoms with Crippen LogP contribution in [-0.4, -0.2) is 20.1 Å². The fraction of sp³-hybridized carbons (Fsp3) is 0.235. The number of rotatable bonds is 5. The number of amides is 1. The minimum absolute atomic E-state index is 0.172. The highest BCUT2D eigenvalue weighted by Crippen LogP contribution is 2.33. The van der Waals surface area contributed by atoms with Crippen LogP contribution in [0.3, 0.4) is 0 Å². The first kappa shape index (κ1) is 17.6. The fourth-order valence-corrected chi connectivity index (χ4v) is 2.90. The molecule has 0 radical (unpaired) electrons. The maximum absolute atomic E-state index is 12.6. The van der Waals surface area contributed by atoms with Crippen molar-refractivity contribution in [3.63, 3.8) is 0 Å². The summed E-state index contributed by atoms with van der Waals surface area (Å²) in [6.45, 7) is 1.91. The van der Waals surface area contributed by atoms with Gasteiger partial charge in [-0.2, -0.15) is 0 Å². The molecule has 0 saturated heterocycles. The van der Waals surface area contributed by atoms with Gasteiger partial charge in [-0.3, -0.25) is 4.79 Å². The number of nitrogens with one attached hydrogen (secondary N) is 1. The average Bonchev–Trinajstić information content (AvgIpc) is 2.54. The zero-order valence-corrected chi connectivity index (χ0v) is 15.4. The molecule has 0 heterocycles. The molecule has 2 rings (SSSR count). The van der Waals surface area contributed by atoms with Crippen LogP contribution < -0.4 is 14.8 Å². The summed E-state index contributed by atoms with van der Waals surface area (Å²) in [6.07, 6.45) is 0. The summed E-state index contributed by atoms with van der Waals surface area (Å²) in [6, 6.07) is 10.6. The zero-order chi connectivity index (χ0) is 17.0. The van der Waals surface area contributed by atoms with E-state index in [9.17, 15) is 4.79 Å². The van der Waals surface area contributed by atoms with E-state index >= 15 is 0 Å². The predicted octanol–water partition coefficient (Wildman–Crippen LogP) is 4.61. The Morgan fingerprint density at radius 3 is 2.39 bits per heavy atom. The number of methoxy groups -OCH3 is 2. The molecule has 122 valence electrons. The number of benzene rings is 2. The quantitative estimate of drug-likeness (QED) is 0.800. The highest BCUT2D eigenvalue weighted by Gasteiger charge is 2.19. The number of carbonyl (C=O) groups excluding carboxylic acids is 1. The highest BCUT2D eigenvalue weighted by molar-refractivity contribution is 9.10. The monoisotopic (exact) mass is 397 g/mol. The van der Waals surface area contributed by atoms with Gasteiger partial charge in [0.25, 0.3) is 5.91 Å². The molecule has 1 unspecified atom stereocenters. The molecule has 0 aromatic heterocycles. The molecule has 1 amide bonds. The summed E-state index contributed by atoms with van der Waals surface area (Å²) in [5.74, 6) is 0.789. The third-order valence-electron chi connectivity index (χ3n) is 3.42. The van der Waals surface area contributed by atoms with Crippen molar-refractivity contribution < 1.29 is 14.3 Å². The first-order valence-corrected chi connectivity index (χ1v) is 8.11. The van der Waals surface area contributed by atoms with Gasteiger partial charge < -0.3 is 14.8 Å². The maximum Gasteiger partial charge on any atom is 0.255 e. The molecular formula is C17H17BrClNO3. The average molecular weight is 399 g/mol. The molecule has 2 aromatic carbocycles. The molecule has 0 aliphatic rings. The summed E-state index contributed by atoms with van der Waals surface area (Å²) < 4.78 is 11.2. The van der Waals surface area contributed by atoms with E-state index in [-0.39, 0.29) is 11.9 Å². The van der Waals surface area contributed by atoms with Crippen LogP contribution in [0.15, 0.2) is 40.9 Å². The van der Waals surface area contributed by atoms with Crippen molar-refractivity contribution in [3.05, 3.63) is 57.0 Å². The Labute approximate surface area is 148 Å². The lowest BCUT2D eigenvalue weighted by molar-refractivity contribution is 0.0936. The smallest absolute Gasteiger partial charge is 0.255 e. The summed E-state index contributed by atoms with van der Waals surface area (Å²) >= 11 is 9.27. The van der Waals surface area contributed by atoms with Gasteiger partial charge in [0.2, 0.25) is 0 Å². The van der Waals surface area contributed by atoms with Crippen LogP contribution in [-0.2, 0) is 0 Å². The summed E-state index contributed by atoms with van der Waals surface area (Å²) in [7, 11) is 3.07. The van der Waals surface area contributed by atoms with Crippen LogP contribution in [0.2, 0.25) is 5.02 Å². The van der Waals surface area contributed by atoms with E-state index in [4.69, 9.17) is 21.1 Å². The van der Waals surface area contributed by atoms with Crippen molar-refractivity contribution in [2.75, 3.05) is 14.2 Å². The third kappa shape index (κ3) is 4.18. The van der Waals surface area contributed by atoms with Crippen molar-refractivity contribution in [2.24, 2.45) is 0 Å². The molecular weight excluding hydrogens is 382 g/mol. The third-order valence-corrected chi connectivity index (χ3v) is 4.26. The Balaban J connectivity index is 2.26. The predicted molar refractivity (Wildman–Crippen MR) is 94.6 cm³/mol. The van der Waals surface area contributed by atoms with Gasteiger partial charge in [-0.1, -0.05) is 23.7 Å². The number of halogens is 2. The van der Waals surface area contributed by atoms with Gasteiger partial charge in [0.05, 0.1) is 30.3 Å². The molecule has 2 aromatic rings. The summed E-state index contributed by atoms with van der Waals surface area (Å²) in [5, 5.41) is 3.60.